The molecular formula is C18H20N6O. The molecule has 3 heterocycles. The third kappa shape index (κ3) is 3.45. The Bertz CT molecular complexity index is 829. The summed E-state index contributed by atoms with van der Waals surface area (Å²) in [7, 11) is 0. The molecule has 4 rings (SSSR count). The molecule has 1 aliphatic heterocycles. The quantitative estimate of drug-likeness (QED) is 0.760. The number of carbonyl (C=O) groups is 1. The van der Waals surface area contributed by atoms with Crippen LogP contribution in [0.3, 0.4) is 0 Å². The fourth-order valence-electron chi connectivity index (χ4n) is 3.23. The molecule has 0 aliphatic carbocycles. The Labute approximate surface area is 145 Å². The molecule has 0 saturated carbocycles. The fourth-order valence-corrected chi connectivity index (χ4v) is 3.23. The van der Waals surface area contributed by atoms with Crippen LogP contribution < -0.4 is 10.2 Å². The molecule has 0 unspecified atom stereocenters. The highest BCUT2D eigenvalue weighted by Crippen LogP contribution is 2.20. The summed E-state index contributed by atoms with van der Waals surface area (Å²) < 4.78 is 0. The number of hydrogen-bond donors (Lipinski definition) is 2. The van der Waals surface area contributed by atoms with Gasteiger partial charge in [0.1, 0.15) is 5.82 Å². The Morgan fingerprint density at radius 3 is 2.92 bits per heavy atom. The van der Waals surface area contributed by atoms with E-state index in [1.54, 1.807) is 18.5 Å². The van der Waals surface area contributed by atoms with Gasteiger partial charge in [-0.15, -0.1) is 0 Å². The number of anilines is 1. The minimum atomic E-state index is -0.0538. The second-order valence-corrected chi connectivity index (χ2v) is 6.25. The maximum absolute atomic E-state index is 12.5. The summed E-state index contributed by atoms with van der Waals surface area (Å²) in [4.78, 5) is 30.9. The number of piperidine rings is 1. The molecule has 7 heteroatoms. The van der Waals surface area contributed by atoms with E-state index in [9.17, 15) is 4.79 Å². The van der Waals surface area contributed by atoms with Gasteiger partial charge in [0, 0.05) is 25.5 Å². The first kappa shape index (κ1) is 15.6. The third-order valence-corrected chi connectivity index (χ3v) is 4.50. The number of aromatic nitrogens is 4. The zero-order chi connectivity index (χ0) is 17.1. The van der Waals surface area contributed by atoms with E-state index in [2.05, 4.69) is 30.2 Å². The normalized spacial score (nSPS) is 17.6. The molecular weight excluding hydrogens is 316 g/mol. The van der Waals surface area contributed by atoms with Crippen molar-refractivity contribution < 1.29 is 4.79 Å². The van der Waals surface area contributed by atoms with Crippen LogP contribution in [0.2, 0.25) is 0 Å². The van der Waals surface area contributed by atoms with Crippen molar-refractivity contribution in [2.75, 3.05) is 18.0 Å². The first-order valence-corrected chi connectivity index (χ1v) is 8.53. The van der Waals surface area contributed by atoms with E-state index < -0.39 is 0 Å². The number of rotatable bonds is 4. The van der Waals surface area contributed by atoms with Crippen molar-refractivity contribution in [3.05, 3.63) is 48.5 Å². The van der Waals surface area contributed by atoms with Crippen LogP contribution in [0.1, 0.15) is 18.7 Å². The number of benzene rings is 1. The molecule has 2 aromatic heterocycles. The lowest BCUT2D eigenvalue weighted by molar-refractivity contribution is -0.125. The monoisotopic (exact) mass is 336 g/mol. The SMILES string of the molecule is O=C(NCc1nc2ccccc2[nH]1)[C@H]1CCCN(c2ncccn2)C1. The van der Waals surface area contributed by atoms with Gasteiger partial charge < -0.3 is 15.2 Å². The number of hydrogen-bond acceptors (Lipinski definition) is 5. The Morgan fingerprint density at radius 2 is 2.08 bits per heavy atom. The highest BCUT2D eigenvalue weighted by atomic mass is 16.1. The number of amides is 1. The minimum Gasteiger partial charge on any atom is -0.349 e. The van der Waals surface area contributed by atoms with Crippen LogP contribution in [0.5, 0.6) is 0 Å². The van der Waals surface area contributed by atoms with Crippen LogP contribution in [0.15, 0.2) is 42.7 Å². The second kappa shape index (κ2) is 6.88. The lowest BCUT2D eigenvalue weighted by Crippen LogP contribution is -2.43. The number of H-pyrrole nitrogens is 1. The van der Waals surface area contributed by atoms with E-state index in [1.165, 1.54) is 0 Å². The Hall–Kier alpha value is -2.96. The standard InChI is InChI=1S/C18H20N6O/c25-17(21-11-16-22-14-6-1-2-7-15(14)23-16)13-5-3-10-24(12-13)18-19-8-4-9-20-18/h1-2,4,6-9,13H,3,5,10-12H2,(H,21,25)(H,22,23)/t13-/m0/s1. The van der Waals surface area contributed by atoms with Crippen LogP contribution >= 0.6 is 0 Å². The Morgan fingerprint density at radius 1 is 1.24 bits per heavy atom. The summed E-state index contributed by atoms with van der Waals surface area (Å²) >= 11 is 0. The van der Waals surface area contributed by atoms with Crippen LogP contribution in [-0.2, 0) is 11.3 Å². The van der Waals surface area contributed by atoms with Gasteiger partial charge in [-0.05, 0) is 31.0 Å². The minimum absolute atomic E-state index is 0.0538. The Balaban J connectivity index is 1.37. The van der Waals surface area contributed by atoms with E-state index in [1.807, 2.05) is 24.3 Å². The summed E-state index contributed by atoms with van der Waals surface area (Å²) in [6.07, 6.45) is 5.30. The van der Waals surface area contributed by atoms with Crippen molar-refractivity contribution in [3.8, 4) is 0 Å². The van der Waals surface area contributed by atoms with Gasteiger partial charge in [0.25, 0.3) is 0 Å². The van der Waals surface area contributed by atoms with E-state index >= 15 is 0 Å². The molecule has 0 spiro atoms. The largest absolute Gasteiger partial charge is 0.349 e. The van der Waals surface area contributed by atoms with Gasteiger partial charge in [0.2, 0.25) is 11.9 Å². The zero-order valence-electron chi connectivity index (χ0n) is 13.9. The lowest BCUT2D eigenvalue weighted by atomic mass is 9.97. The van der Waals surface area contributed by atoms with Crippen molar-refractivity contribution in [2.24, 2.45) is 5.92 Å². The molecule has 3 aromatic rings. The molecule has 0 bridgehead atoms. The average molecular weight is 336 g/mol. The van der Waals surface area contributed by atoms with Crippen molar-refractivity contribution in [1.82, 2.24) is 25.3 Å². The van der Waals surface area contributed by atoms with Gasteiger partial charge in [-0.25, -0.2) is 15.0 Å². The number of nitrogens with zero attached hydrogens (tertiary/aromatic N) is 4. The summed E-state index contributed by atoms with van der Waals surface area (Å²) in [5.74, 6) is 1.47. The molecule has 25 heavy (non-hydrogen) atoms. The molecule has 1 fully saturated rings. The predicted octanol–water partition coefficient (Wildman–Crippen LogP) is 1.89. The van der Waals surface area contributed by atoms with Crippen LogP contribution in [0.4, 0.5) is 5.95 Å². The lowest BCUT2D eigenvalue weighted by Gasteiger charge is -2.31. The summed E-state index contributed by atoms with van der Waals surface area (Å²) in [5, 5.41) is 3.00. The summed E-state index contributed by atoms with van der Waals surface area (Å²) in [5.41, 5.74) is 1.90. The number of aromatic amines is 1. The third-order valence-electron chi connectivity index (χ3n) is 4.50. The number of para-hydroxylation sites is 2. The molecule has 1 atom stereocenters. The maximum Gasteiger partial charge on any atom is 0.225 e. The van der Waals surface area contributed by atoms with E-state index in [0.29, 0.717) is 19.0 Å². The first-order valence-electron chi connectivity index (χ1n) is 8.53. The van der Waals surface area contributed by atoms with E-state index in [0.717, 1.165) is 36.2 Å². The average Bonchev–Trinajstić information content (AvgIpc) is 3.10. The van der Waals surface area contributed by atoms with Crippen molar-refractivity contribution in [1.29, 1.82) is 0 Å². The van der Waals surface area contributed by atoms with Gasteiger partial charge in [-0.1, -0.05) is 12.1 Å². The smallest absolute Gasteiger partial charge is 0.225 e. The second-order valence-electron chi connectivity index (χ2n) is 6.25. The van der Waals surface area contributed by atoms with E-state index in [4.69, 9.17) is 0 Å². The topological polar surface area (TPSA) is 86.8 Å². The molecule has 128 valence electrons. The summed E-state index contributed by atoms with van der Waals surface area (Å²) in [6, 6.07) is 9.65. The van der Waals surface area contributed by atoms with Crippen LogP contribution in [0.25, 0.3) is 11.0 Å². The first-order chi connectivity index (χ1) is 12.3. The fraction of sp³-hybridized carbons (Fsp3) is 0.333. The van der Waals surface area contributed by atoms with Crippen LogP contribution in [-0.4, -0.2) is 38.9 Å². The number of carbonyl (C=O) groups excluding carboxylic acids is 1. The molecule has 2 N–H and O–H groups in total. The van der Waals surface area contributed by atoms with Gasteiger partial charge in [-0.3, -0.25) is 4.79 Å². The van der Waals surface area contributed by atoms with Gasteiger partial charge in [0.15, 0.2) is 0 Å². The van der Waals surface area contributed by atoms with Gasteiger partial charge in [0.05, 0.1) is 23.5 Å². The predicted molar refractivity (Wildman–Crippen MR) is 94.9 cm³/mol. The molecule has 0 radical (unpaired) electrons. The molecule has 1 aromatic carbocycles. The maximum atomic E-state index is 12.5. The number of fused-ring (bicyclic) bond motifs is 1. The van der Waals surface area contributed by atoms with Crippen molar-refractivity contribution in [2.45, 2.75) is 19.4 Å². The van der Waals surface area contributed by atoms with Gasteiger partial charge >= 0.3 is 0 Å². The number of nitrogens with one attached hydrogen (secondary N) is 2. The molecule has 1 saturated heterocycles. The Kier molecular flexibility index (Phi) is 4.28. The van der Waals surface area contributed by atoms with Crippen molar-refractivity contribution >= 4 is 22.9 Å². The highest BCUT2D eigenvalue weighted by Gasteiger charge is 2.27. The molecule has 7 nitrogen and oxygen atoms in total. The molecule has 1 amide bonds. The van der Waals surface area contributed by atoms with E-state index in [-0.39, 0.29) is 11.8 Å². The van der Waals surface area contributed by atoms with Gasteiger partial charge in [-0.2, -0.15) is 0 Å². The van der Waals surface area contributed by atoms with Crippen molar-refractivity contribution in [3.63, 3.8) is 0 Å². The summed E-state index contributed by atoms with van der Waals surface area (Å²) in [6.45, 7) is 1.94. The zero-order valence-corrected chi connectivity index (χ0v) is 13.9. The number of imidazole rings is 1. The van der Waals surface area contributed by atoms with Crippen LogP contribution in [0, 0.1) is 5.92 Å². The highest BCUT2D eigenvalue weighted by molar-refractivity contribution is 5.79. The molecule has 1 aliphatic rings.